The van der Waals surface area contributed by atoms with Crippen LogP contribution in [0.2, 0.25) is 0 Å². The van der Waals surface area contributed by atoms with E-state index in [1.54, 1.807) is 0 Å². The van der Waals surface area contributed by atoms with E-state index in [1.165, 1.54) is 57.3 Å². The molecule has 102 valence electrons. The lowest BCUT2D eigenvalue weighted by atomic mass is 10.0. The molecular weight excluding hydrogens is 323 g/mol. The number of hydrogen-bond donors (Lipinski definition) is 1. The molecule has 0 aromatic heterocycles. The van der Waals surface area contributed by atoms with Crippen molar-refractivity contribution in [3.63, 3.8) is 0 Å². The molecule has 0 bridgehead atoms. The zero-order valence-corrected chi connectivity index (χ0v) is 13.9. The normalized spacial score (nSPS) is 16.6. The summed E-state index contributed by atoms with van der Waals surface area (Å²) in [6.45, 7) is 6.94. The van der Waals surface area contributed by atoms with E-state index in [2.05, 4.69) is 30.8 Å². The number of likely N-dealkylation sites (N-methyl/N-ethyl adjacent to an activating group) is 1. The highest BCUT2D eigenvalue weighted by atomic mass is 127. The summed E-state index contributed by atoms with van der Waals surface area (Å²) < 4.78 is 2.38. The average molecular weight is 352 g/mol. The number of nitrogens with one attached hydrogen (secondary N) is 1. The van der Waals surface area contributed by atoms with E-state index >= 15 is 0 Å². The van der Waals surface area contributed by atoms with E-state index in [0.717, 1.165) is 12.5 Å². The topological polar surface area (TPSA) is 15.0 Å². The third-order valence-electron chi connectivity index (χ3n) is 3.62. The van der Waals surface area contributed by atoms with Crippen molar-refractivity contribution < 1.29 is 28.6 Å². The van der Waals surface area contributed by atoms with E-state index < -0.39 is 0 Å². The molecule has 0 fully saturated rings. The summed E-state index contributed by atoms with van der Waals surface area (Å²) in [5, 5.41) is 3.51. The van der Waals surface area contributed by atoms with Gasteiger partial charge in [0.15, 0.2) is 0 Å². The van der Waals surface area contributed by atoms with Crippen LogP contribution in [0.3, 0.4) is 0 Å². The second-order valence-electron chi connectivity index (χ2n) is 5.19. The van der Waals surface area contributed by atoms with Gasteiger partial charge in [-0.1, -0.05) is 52.4 Å². The van der Waals surface area contributed by atoms with Gasteiger partial charge in [0, 0.05) is 0 Å². The van der Waals surface area contributed by atoms with Gasteiger partial charge in [-0.25, -0.2) is 0 Å². The Hall–Kier alpha value is 0.200. The van der Waals surface area contributed by atoms with Crippen molar-refractivity contribution in [1.29, 1.82) is 0 Å². The molecule has 1 atom stereocenters. The zero-order valence-electron chi connectivity index (χ0n) is 11.8. The maximum absolute atomic E-state index is 3.51. The fraction of sp³-hybridized carbons (Fsp3) is 0.929. The number of rotatable bonds is 8. The van der Waals surface area contributed by atoms with Crippen molar-refractivity contribution in [2.75, 3.05) is 20.1 Å². The van der Waals surface area contributed by atoms with Crippen molar-refractivity contribution in [1.82, 2.24) is 5.32 Å². The van der Waals surface area contributed by atoms with Crippen LogP contribution in [0.15, 0.2) is 0 Å². The van der Waals surface area contributed by atoms with Gasteiger partial charge < -0.3 is 24.0 Å². The van der Waals surface area contributed by atoms with Gasteiger partial charge in [-0.05, 0) is 6.42 Å². The maximum Gasteiger partial charge on any atom is 0.247 e. The van der Waals surface area contributed by atoms with E-state index in [0.29, 0.717) is 0 Å². The maximum atomic E-state index is 3.51. The van der Waals surface area contributed by atoms with Crippen LogP contribution >= 0.6 is 0 Å². The lowest BCUT2D eigenvalue weighted by molar-refractivity contribution is -0.488. The first-order chi connectivity index (χ1) is 7.75. The lowest BCUT2D eigenvalue weighted by Gasteiger charge is -2.08. The highest BCUT2D eigenvalue weighted by Crippen LogP contribution is 2.13. The highest BCUT2D eigenvalue weighted by molar-refractivity contribution is 5.80. The van der Waals surface area contributed by atoms with Gasteiger partial charge in [0.2, 0.25) is 5.84 Å². The third kappa shape index (κ3) is 6.63. The molecule has 0 aliphatic carbocycles. The SMILES string of the molecule is CCCCCCCCC(C)C1=[N+](C)CCN1.[I-]. The number of amidine groups is 1. The van der Waals surface area contributed by atoms with Crippen molar-refractivity contribution >= 4 is 5.84 Å². The molecule has 1 unspecified atom stereocenters. The van der Waals surface area contributed by atoms with Crippen LogP contribution in [0.1, 0.15) is 58.8 Å². The quantitative estimate of drug-likeness (QED) is 0.370. The summed E-state index contributed by atoms with van der Waals surface area (Å²) in [5.74, 6) is 2.19. The van der Waals surface area contributed by atoms with Crippen LogP contribution < -0.4 is 29.3 Å². The van der Waals surface area contributed by atoms with Crippen molar-refractivity contribution in [2.24, 2.45) is 5.92 Å². The van der Waals surface area contributed by atoms with E-state index in [9.17, 15) is 0 Å². The van der Waals surface area contributed by atoms with Crippen LogP contribution in [0.25, 0.3) is 0 Å². The van der Waals surface area contributed by atoms with Gasteiger partial charge in [-0.2, -0.15) is 0 Å². The molecule has 0 aromatic carbocycles. The van der Waals surface area contributed by atoms with Crippen molar-refractivity contribution in [2.45, 2.75) is 58.8 Å². The highest BCUT2D eigenvalue weighted by Gasteiger charge is 2.23. The smallest absolute Gasteiger partial charge is 0.247 e. The van der Waals surface area contributed by atoms with Crippen LogP contribution in [0.5, 0.6) is 0 Å². The predicted molar refractivity (Wildman–Crippen MR) is 71.2 cm³/mol. The molecule has 3 heteroatoms. The van der Waals surface area contributed by atoms with E-state index in [4.69, 9.17) is 0 Å². The number of hydrogen-bond acceptors (Lipinski definition) is 1. The van der Waals surface area contributed by atoms with Gasteiger partial charge in [0.1, 0.15) is 13.1 Å². The Bertz CT molecular complexity index is 226. The van der Waals surface area contributed by atoms with Crippen molar-refractivity contribution in [3.8, 4) is 0 Å². The molecule has 0 amide bonds. The third-order valence-corrected chi connectivity index (χ3v) is 3.62. The Kier molecular flexibility index (Phi) is 10.3. The Morgan fingerprint density at radius 2 is 1.82 bits per heavy atom. The molecule has 1 rings (SSSR count). The molecule has 0 aromatic rings. The Morgan fingerprint density at radius 1 is 1.18 bits per heavy atom. The predicted octanol–water partition coefficient (Wildman–Crippen LogP) is 0.0211. The van der Waals surface area contributed by atoms with E-state index in [1.807, 2.05) is 0 Å². The second kappa shape index (κ2) is 10.2. The molecular formula is C14H29IN2. The number of unbranched alkanes of at least 4 members (excludes halogenated alkanes) is 5. The number of halogens is 1. The molecule has 0 radical (unpaired) electrons. The Labute approximate surface area is 124 Å². The zero-order chi connectivity index (χ0) is 11.8. The summed E-state index contributed by atoms with van der Waals surface area (Å²) in [5.41, 5.74) is 0. The first-order valence-electron chi connectivity index (χ1n) is 7.07. The standard InChI is InChI=1S/C14H28N2.HI/c1-4-5-6-7-8-9-10-13(2)14-15-11-12-16(14)3;/h13H,4-12H2,1-3H3;1H. The monoisotopic (exact) mass is 352 g/mol. The van der Waals surface area contributed by atoms with Crippen LogP contribution in [0, 0.1) is 5.92 Å². The molecule has 0 saturated carbocycles. The van der Waals surface area contributed by atoms with Gasteiger partial charge in [-0.15, -0.1) is 0 Å². The summed E-state index contributed by atoms with van der Waals surface area (Å²) >= 11 is 0. The summed E-state index contributed by atoms with van der Waals surface area (Å²) in [4.78, 5) is 0. The molecule has 1 N–H and O–H groups in total. The molecule has 2 nitrogen and oxygen atoms in total. The molecule has 17 heavy (non-hydrogen) atoms. The Morgan fingerprint density at radius 3 is 2.41 bits per heavy atom. The molecule has 1 aliphatic heterocycles. The summed E-state index contributed by atoms with van der Waals surface area (Å²) in [7, 11) is 2.20. The van der Waals surface area contributed by atoms with Crippen LogP contribution in [0.4, 0.5) is 0 Å². The second-order valence-corrected chi connectivity index (χ2v) is 5.19. The minimum absolute atomic E-state index is 0. The summed E-state index contributed by atoms with van der Waals surface area (Å²) in [6.07, 6.45) is 9.78. The first-order valence-corrected chi connectivity index (χ1v) is 7.07. The minimum Gasteiger partial charge on any atom is -1.00 e. The average Bonchev–Trinajstić information content (AvgIpc) is 2.69. The number of nitrogens with zero attached hydrogens (tertiary/aromatic N) is 1. The Balaban J connectivity index is 0.00000256. The van der Waals surface area contributed by atoms with Crippen LogP contribution in [-0.2, 0) is 0 Å². The van der Waals surface area contributed by atoms with Crippen molar-refractivity contribution in [3.05, 3.63) is 0 Å². The van der Waals surface area contributed by atoms with Crippen LogP contribution in [-0.4, -0.2) is 30.5 Å². The first kappa shape index (κ1) is 17.2. The fourth-order valence-corrected chi connectivity index (χ4v) is 2.53. The molecule has 1 aliphatic rings. The van der Waals surface area contributed by atoms with Gasteiger partial charge in [0.05, 0.1) is 13.0 Å². The van der Waals surface area contributed by atoms with Gasteiger partial charge >= 0.3 is 0 Å². The lowest BCUT2D eigenvalue weighted by Crippen LogP contribution is -3.00. The largest absolute Gasteiger partial charge is 1.00 e. The minimum atomic E-state index is 0. The molecule has 1 heterocycles. The molecule has 0 saturated heterocycles. The van der Waals surface area contributed by atoms with Gasteiger partial charge in [-0.3, -0.25) is 9.89 Å². The fourth-order valence-electron chi connectivity index (χ4n) is 2.53. The van der Waals surface area contributed by atoms with Gasteiger partial charge in [0.25, 0.3) is 0 Å². The molecule has 0 spiro atoms. The van der Waals surface area contributed by atoms with E-state index in [-0.39, 0.29) is 24.0 Å². The summed E-state index contributed by atoms with van der Waals surface area (Å²) in [6, 6.07) is 0.